The number of hydrogen-bond donors (Lipinski definition) is 1. The Kier molecular flexibility index (Phi) is 3.34. The van der Waals surface area contributed by atoms with Gasteiger partial charge in [0, 0.05) is 25.2 Å². The van der Waals surface area contributed by atoms with Gasteiger partial charge in [0.25, 0.3) is 0 Å². The third kappa shape index (κ3) is 2.43. The monoisotopic (exact) mass is 352 g/mol. The number of aromatic nitrogens is 1. The summed E-state index contributed by atoms with van der Waals surface area (Å²) >= 11 is 8.13. The van der Waals surface area contributed by atoms with Crippen molar-refractivity contribution in [2.24, 2.45) is 5.92 Å². The van der Waals surface area contributed by atoms with Crippen molar-refractivity contribution in [1.82, 2.24) is 4.98 Å². The van der Waals surface area contributed by atoms with Gasteiger partial charge in [-0.2, -0.15) is 0 Å². The van der Waals surface area contributed by atoms with Gasteiger partial charge in [-0.1, -0.05) is 11.6 Å². The summed E-state index contributed by atoms with van der Waals surface area (Å²) in [6.45, 7) is 5.47. The summed E-state index contributed by atoms with van der Waals surface area (Å²) in [7, 11) is 0. The van der Waals surface area contributed by atoms with E-state index in [0.717, 1.165) is 22.3 Å². The van der Waals surface area contributed by atoms with Crippen LogP contribution in [0.25, 0.3) is 0 Å². The zero-order valence-corrected chi connectivity index (χ0v) is 12.2. The lowest BCUT2D eigenvalue weighted by Crippen LogP contribution is -2.56. The molecular formula is C11H14ClIN2O. The zero-order chi connectivity index (χ0) is 11.9. The molecule has 16 heavy (non-hydrogen) atoms. The van der Waals surface area contributed by atoms with Crippen molar-refractivity contribution in [1.29, 1.82) is 0 Å². The van der Waals surface area contributed by atoms with Crippen LogP contribution in [0.3, 0.4) is 0 Å². The van der Waals surface area contributed by atoms with Gasteiger partial charge in [0.2, 0.25) is 0 Å². The molecule has 0 saturated carbocycles. The van der Waals surface area contributed by atoms with Gasteiger partial charge in [0.15, 0.2) is 0 Å². The minimum atomic E-state index is -0.598. The minimum Gasteiger partial charge on any atom is -0.390 e. The lowest BCUT2D eigenvalue weighted by molar-refractivity contribution is 0.00455. The predicted octanol–water partition coefficient (Wildman–Crippen LogP) is 2.55. The van der Waals surface area contributed by atoms with Gasteiger partial charge >= 0.3 is 0 Å². The molecule has 0 aromatic carbocycles. The molecule has 0 radical (unpaired) electrons. The molecule has 1 aromatic heterocycles. The molecule has 1 aromatic rings. The van der Waals surface area contributed by atoms with E-state index < -0.39 is 5.60 Å². The van der Waals surface area contributed by atoms with Crippen LogP contribution in [0, 0.1) is 9.49 Å². The molecule has 0 spiro atoms. The Morgan fingerprint density at radius 2 is 2.19 bits per heavy atom. The average molecular weight is 353 g/mol. The molecule has 0 unspecified atom stereocenters. The van der Waals surface area contributed by atoms with Gasteiger partial charge in [-0.25, -0.2) is 4.98 Å². The molecule has 0 amide bonds. The molecule has 5 heteroatoms. The Morgan fingerprint density at radius 3 is 2.75 bits per heavy atom. The van der Waals surface area contributed by atoms with Gasteiger partial charge in [0.1, 0.15) is 5.15 Å². The highest BCUT2D eigenvalue weighted by molar-refractivity contribution is 14.1. The Labute approximate surface area is 114 Å². The minimum absolute atomic E-state index is 0.329. The maximum Gasteiger partial charge on any atom is 0.131 e. The molecule has 3 nitrogen and oxygen atoms in total. The van der Waals surface area contributed by atoms with Crippen LogP contribution in [0.1, 0.15) is 13.8 Å². The molecule has 1 aliphatic rings. The Hall–Kier alpha value is -0.0700. The Balaban J connectivity index is 2.09. The molecule has 1 N–H and O–H groups in total. The van der Waals surface area contributed by atoms with Crippen LogP contribution in [0.15, 0.2) is 12.3 Å². The van der Waals surface area contributed by atoms with Crippen molar-refractivity contribution < 1.29 is 5.11 Å². The fourth-order valence-electron chi connectivity index (χ4n) is 1.77. The third-order valence-electron chi connectivity index (χ3n) is 3.02. The summed E-state index contributed by atoms with van der Waals surface area (Å²) in [5, 5.41) is 10.4. The van der Waals surface area contributed by atoms with Gasteiger partial charge < -0.3 is 10.0 Å². The van der Waals surface area contributed by atoms with Crippen LogP contribution in [-0.2, 0) is 0 Å². The number of pyridine rings is 1. The maximum atomic E-state index is 9.86. The first kappa shape index (κ1) is 12.4. The number of nitrogens with zero attached hydrogens (tertiary/aromatic N) is 2. The van der Waals surface area contributed by atoms with Crippen molar-refractivity contribution in [3.63, 3.8) is 0 Å². The zero-order valence-electron chi connectivity index (χ0n) is 9.24. The molecule has 1 aliphatic heterocycles. The number of anilines is 1. The summed E-state index contributed by atoms with van der Waals surface area (Å²) in [4.78, 5) is 6.25. The van der Waals surface area contributed by atoms with E-state index >= 15 is 0 Å². The van der Waals surface area contributed by atoms with Crippen LogP contribution in [0.2, 0.25) is 5.15 Å². The van der Waals surface area contributed by atoms with Crippen LogP contribution in [0.4, 0.5) is 5.69 Å². The van der Waals surface area contributed by atoms with Crippen LogP contribution >= 0.6 is 34.2 Å². The lowest BCUT2D eigenvalue weighted by atomic mass is 9.84. The van der Waals surface area contributed by atoms with Crippen LogP contribution in [0.5, 0.6) is 0 Å². The SMILES string of the molecule is CC(C)(O)C1CN(c2cc(Cl)ncc2I)C1. The van der Waals surface area contributed by atoms with Crippen LogP contribution in [-0.4, -0.2) is 28.8 Å². The van der Waals surface area contributed by atoms with E-state index in [-0.39, 0.29) is 0 Å². The molecule has 88 valence electrons. The van der Waals surface area contributed by atoms with E-state index in [4.69, 9.17) is 11.6 Å². The van der Waals surface area contributed by atoms with Crippen molar-refractivity contribution in [3.8, 4) is 0 Å². The summed E-state index contributed by atoms with van der Waals surface area (Å²) in [5.74, 6) is 0.329. The highest BCUT2D eigenvalue weighted by Gasteiger charge is 2.38. The van der Waals surface area contributed by atoms with Crippen molar-refractivity contribution in [2.75, 3.05) is 18.0 Å². The first-order valence-corrected chi connectivity index (χ1v) is 6.62. The van der Waals surface area contributed by atoms with Gasteiger partial charge in [-0.15, -0.1) is 0 Å². The van der Waals surface area contributed by atoms with E-state index in [1.807, 2.05) is 19.9 Å². The van der Waals surface area contributed by atoms with E-state index in [2.05, 4.69) is 32.5 Å². The summed E-state index contributed by atoms with van der Waals surface area (Å²) in [6, 6.07) is 1.88. The Morgan fingerprint density at radius 1 is 1.56 bits per heavy atom. The van der Waals surface area contributed by atoms with E-state index in [0.29, 0.717) is 11.1 Å². The summed E-state index contributed by atoms with van der Waals surface area (Å²) in [5.41, 5.74) is 0.514. The molecular weight excluding hydrogens is 338 g/mol. The van der Waals surface area contributed by atoms with Crippen molar-refractivity contribution in [2.45, 2.75) is 19.4 Å². The predicted molar refractivity (Wildman–Crippen MR) is 74.0 cm³/mol. The van der Waals surface area contributed by atoms with Crippen molar-refractivity contribution in [3.05, 3.63) is 21.0 Å². The summed E-state index contributed by atoms with van der Waals surface area (Å²) < 4.78 is 1.09. The smallest absolute Gasteiger partial charge is 0.131 e. The second kappa shape index (κ2) is 4.31. The normalized spacial score (nSPS) is 17.4. The molecule has 1 fully saturated rings. The van der Waals surface area contributed by atoms with Crippen LogP contribution < -0.4 is 4.90 Å². The second-order valence-corrected chi connectivity index (χ2v) is 6.26. The molecule has 0 aliphatic carbocycles. The topological polar surface area (TPSA) is 36.4 Å². The fourth-order valence-corrected chi connectivity index (χ4v) is 2.56. The highest BCUT2D eigenvalue weighted by Crippen LogP contribution is 2.34. The van der Waals surface area contributed by atoms with E-state index in [9.17, 15) is 5.11 Å². The average Bonchev–Trinajstić information content (AvgIpc) is 2.06. The number of halogens is 2. The molecule has 2 rings (SSSR count). The summed E-state index contributed by atoms with van der Waals surface area (Å²) in [6.07, 6.45) is 1.77. The standard InChI is InChI=1S/C11H14ClIN2O/c1-11(2,16)7-5-15(6-7)9-3-10(12)14-4-8(9)13/h3-4,7,16H,5-6H2,1-2H3. The first-order valence-electron chi connectivity index (χ1n) is 5.16. The maximum absolute atomic E-state index is 9.86. The van der Waals surface area contributed by atoms with E-state index in [1.165, 1.54) is 0 Å². The lowest BCUT2D eigenvalue weighted by Gasteiger charge is -2.46. The quantitative estimate of drug-likeness (QED) is 0.656. The Bertz CT molecular complexity index is 399. The van der Waals surface area contributed by atoms with Gasteiger partial charge in [-0.05, 0) is 42.5 Å². The van der Waals surface area contributed by atoms with E-state index in [1.54, 1.807) is 6.20 Å². The van der Waals surface area contributed by atoms with Gasteiger partial charge in [-0.3, -0.25) is 0 Å². The first-order chi connectivity index (χ1) is 7.38. The highest BCUT2D eigenvalue weighted by atomic mass is 127. The molecule has 1 saturated heterocycles. The molecule has 0 bridgehead atoms. The molecule has 2 heterocycles. The number of rotatable bonds is 2. The number of hydrogen-bond acceptors (Lipinski definition) is 3. The third-order valence-corrected chi connectivity index (χ3v) is 4.06. The fraction of sp³-hybridized carbons (Fsp3) is 0.545. The van der Waals surface area contributed by atoms with Gasteiger partial charge in [0.05, 0.1) is 14.9 Å². The second-order valence-electron chi connectivity index (χ2n) is 4.71. The largest absolute Gasteiger partial charge is 0.390 e. The van der Waals surface area contributed by atoms with Crippen molar-refractivity contribution >= 4 is 39.9 Å². The molecule has 0 atom stereocenters. The number of aliphatic hydroxyl groups is 1.